The molecule has 2 nitrogen and oxygen atoms in total. The Morgan fingerprint density at radius 1 is 1.22 bits per heavy atom. The number of phenols is 1. The molecule has 1 unspecified atom stereocenters. The van der Waals surface area contributed by atoms with E-state index in [2.05, 4.69) is 36.2 Å². The van der Waals surface area contributed by atoms with Gasteiger partial charge in [0.2, 0.25) is 0 Å². The van der Waals surface area contributed by atoms with E-state index in [1.807, 2.05) is 6.07 Å². The Bertz CT molecular complexity index is 559. The highest BCUT2D eigenvalue weighted by Crippen LogP contribution is 2.30. The van der Waals surface area contributed by atoms with Crippen LogP contribution < -0.4 is 0 Å². The van der Waals surface area contributed by atoms with Crippen LogP contribution in [0.15, 0.2) is 36.4 Å². The van der Waals surface area contributed by atoms with Crippen LogP contribution in [0, 0.1) is 0 Å². The van der Waals surface area contributed by atoms with Gasteiger partial charge in [-0.2, -0.15) is 0 Å². The first kappa shape index (κ1) is 11.5. The third-order valence-electron chi connectivity index (χ3n) is 4.10. The van der Waals surface area contributed by atoms with E-state index in [0.29, 0.717) is 11.8 Å². The van der Waals surface area contributed by atoms with Crippen molar-refractivity contribution < 1.29 is 5.11 Å². The maximum absolute atomic E-state index is 10.1. The minimum Gasteiger partial charge on any atom is -0.507 e. The van der Waals surface area contributed by atoms with Crippen molar-refractivity contribution in [3.05, 3.63) is 42.0 Å². The maximum Gasteiger partial charge on any atom is 0.123 e. The quantitative estimate of drug-likeness (QED) is 0.873. The van der Waals surface area contributed by atoms with Crippen LogP contribution >= 0.6 is 0 Å². The van der Waals surface area contributed by atoms with E-state index in [9.17, 15) is 5.11 Å². The van der Waals surface area contributed by atoms with Crippen molar-refractivity contribution in [1.29, 1.82) is 0 Å². The van der Waals surface area contributed by atoms with Crippen molar-refractivity contribution in [2.75, 3.05) is 13.6 Å². The van der Waals surface area contributed by atoms with Gasteiger partial charge in [-0.15, -0.1) is 0 Å². The second kappa shape index (κ2) is 4.62. The Kier molecular flexibility index (Phi) is 2.96. The molecule has 2 aromatic rings. The molecule has 3 rings (SSSR count). The topological polar surface area (TPSA) is 23.5 Å². The van der Waals surface area contributed by atoms with Gasteiger partial charge in [-0.25, -0.2) is 0 Å². The Morgan fingerprint density at radius 3 is 2.72 bits per heavy atom. The molecule has 2 aromatic carbocycles. The summed E-state index contributed by atoms with van der Waals surface area (Å²) in [6.45, 7) is 1.20. The zero-order chi connectivity index (χ0) is 12.5. The van der Waals surface area contributed by atoms with Gasteiger partial charge in [-0.1, -0.05) is 30.3 Å². The normalized spacial score (nSPS) is 20.6. The number of aromatic hydroxyl groups is 1. The van der Waals surface area contributed by atoms with E-state index in [0.717, 1.165) is 17.2 Å². The van der Waals surface area contributed by atoms with Gasteiger partial charge in [0.05, 0.1) is 0 Å². The van der Waals surface area contributed by atoms with Crippen LogP contribution in [0.25, 0.3) is 10.8 Å². The summed E-state index contributed by atoms with van der Waals surface area (Å²) in [5.74, 6) is 0.406. The molecule has 18 heavy (non-hydrogen) atoms. The van der Waals surface area contributed by atoms with Gasteiger partial charge in [-0.05, 0) is 49.9 Å². The fourth-order valence-electron chi connectivity index (χ4n) is 3.06. The van der Waals surface area contributed by atoms with Gasteiger partial charge >= 0.3 is 0 Å². The van der Waals surface area contributed by atoms with Gasteiger partial charge in [0.1, 0.15) is 5.75 Å². The van der Waals surface area contributed by atoms with Gasteiger partial charge in [0.25, 0.3) is 0 Å². The number of phenolic OH excluding ortho intramolecular Hbond substituents is 1. The van der Waals surface area contributed by atoms with Gasteiger partial charge in [0, 0.05) is 11.4 Å². The Morgan fingerprint density at radius 2 is 2.00 bits per heavy atom. The lowest BCUT2D eigenvalue weighted by atomic mass is 9.97. The molecule has 1 aliphatic rings. The molecule has 0 saturated carbocycles. The van der Waals surface area contributed by atoms with Gasteiger partial charge in [0.15, 0.2) is 0 Å². The van der Waals surface area contributed by atoms with Crippen LogP contribution in [0.3, 0.4) is 0 Å². The van der Waals surface area contributed by atoms with Crippen molar-refractivity contribution in [2.24, 2.45) is 0 Å². The lowest BCUT2D eigenvalue weighted by Gasteiger charge is -2.20. The van der Waals surface area contributed by atoms with E-state index >= 15 is 0 Å². The molecule has 1 aliphatic heterocycles. The fourth-order valence-corrected chi connectivity index (χ4v) is 3.06. The highest BCUT2D eigenvalue weighted by atomic mass is 16.3. The first-order valence-corrected chi connectivity index (χ1v) is 6.65. The first-order valence-electron chi connectivity index (χ1n) is 6.65. The van der Waals surface area contributed by atoms with Crippen molar-refractivity contribution in [3.63, 3.8) is 0 Å². The molecule has 0 spiro atoms. The third-order valence-corrected chi connectivity index (χ3v) is 4.10. The molecule has 1 atom stereocenters. The van der Waals surface area contributed by atoms with E-state index in [1.54, 1.807) is 6.07 Å². The number of likely N-dealkylation sites (N-methyl/N-ethyl adjacent to an activating group) is 1. The largest absolute Gasteiger partial charge is 0.507 e. The predicted molar refractivity (Wildman–Crippen MR) is 75.0 cm³/mol. The van der Waals surface area contributed by atoms with Crippen LogP contribution in [0.4, 0.5) is 0 Å². The van der Waals surface area contributed by atoms with Crippen LogP contribution in [-0.2, 0) is 6.42 Å². The summed E-state index contributed by atoms with van der Waals surface area (Å²) in [5.41, 5.74) is 1.27. The molecular weight excluding hydrogens is 222 g/mol. The van der Waals surface area contributed by atoms with Crippen LogP contribution in [-0.4, -0.2) is 29.6 Å². The summed E-state index contributed by atoms with van der Waals surface area (Å²) in [7, 11) is 2.20. The Balaban J connectivity index is 2.01. The first-order chi connectivity index (χ1) is 8.75. The van der Waals surface area contributed by atoms with Crippen molar-refractivity contribution in [3.8, 4) is 5.75 Å². The van der Waals surface area contributed by atoms with Crippen LogP contribution in [0.1, 0.15) is 18.4 Å². The van der Waals surface area contributed by atoms with Gasteiger partial charge in [-0.3, -0.25) is 0 Å². The molecule has 0 aliphatic carbocycles. The number of fused-ring (bicyclic) bond motifs is 1. The minimum atomic E-state index is 0.406. The molecule has 0 bridgehead atoms. The van der Waals surface area contributed by atoms with E-state index in [1.165, 1.54) is 24.9 Å². The van der Waals surface area contributed by atoms with Crippen molar-refractivity contribution >= 4 is 10.8 Å². The minimum absolute atomic E-state index is 0.406. The molecule has 94 valence electrons. The Labute approximate surface area is 108 Å². The average Bonchev–Trinajstić information content (AvgIpc) is 2.76. The summed E-state index contributed by atoms with van der Waals surface area (Å²) in [5, 5.41) is 12.2. The monoisotopic (exact) mass is 241 g/mol. The van der Waals surface area contributed by atoms with Gasteiger partial charge < -0.3 is 10.0 Å². The van der Waals surface area contributed by atoms with E-state index in [4.69, 9.17) is 0 Å². The van der Waals surface area contributed by atoms with Crippen LogP contribution in [0.2, 0.25) is 0 Å². The zero-order valence-electron chi connectivity index (χ0n) is 10.8. The smallest absolute Gasteiger partial charge is 0.123 e. The fraction of sp³-hybridized carbons (Fsp3) is 0.375. The number of hydrogen-bond acceptors (Lipinski definition) is 2. The summed E-state index contributed by atoms with van der Waals surface area (Å²) >= 11 is 0. The van der Waals surface area contributed by atoms with Crippen molar-refractivity contribution in [1.82, 2.24) is 4.90 Å². The second-order valence-corrected chi connectivity index (χ2v) is 5.27. The summed E-state index contributed by atoms with van der Waals surface area (Å²) in [6.07, 6.45) is 3.59. The summed E-state index contributed by atoms with van der Waals surface area (Å²) in [6, 6.07) is 12.7. The van der Waals surface area contributed by atoms with Crippen LogP contribution in [0.5, 0.6) is 5.75 Å². The summed E-state index contributed by atoms with van der Waals surface area (Å²) in [4.78, 5) is 2.43. The molecular formula is C16H19NO. The van der Waals surface area contributed by atoms with E-state index < -0.39 is 0 Å². The standard InChI is InChI=1S/C16H19NO/c1-17-10-4-8-14(17)11-13-7-2-5-12-6-3-9-15(18)16(12)13/h2-3,5-7,9,14,18H,4,8,10-11H2,1H3. The number of likely N-dealkylation sites (tertiary alicyclic amines) is 1. The lowest BCUT2D eigenvalue weighted by Crippen LogP contribution is -2.26. The third kappa shape index (κ3) is 1.97. The molecule has 1 N–H and O–H groups in total. The zero-order valence-corrected chi connectivity index (χ0v) is 10.8. The molecule has 1 fully saturated rings. The maximum atomic E-state index is 10.1. The SMILES string of the molecule is CN1CCCC1Cc1cccc2cccc(O)c12. The molecule has 0 radical (unpaired) electrons. The Hall–Kier alpha value is -1.54. The number of nitrogens with zero attached hydrogens (tertiary/aromatic N) is 1. The highest BCUT2D eigenvalue weighted by Gasteiger charge is 2.21. The number of benzene rings is 2. The summed E-state index contributed by atoms with van der Waals surface area (Å²) < 4.78 is 0. The average molecular weight is 241 g/mol. The lowest BCUT2D eigenvalue weighted by molar-refractivity contribution is 0.309. The molecule has 0 amide bonds. The number of hydrogen-bond donors (Lipinski definition) is 1. The second-order valence-electron chi connectivity index (χ2n) is 5.27. The van der Waals surface area contributed by atoms with Crippen molar-refractivity contribution in [2.45, 2.75) is 25.3 Å². The predicted octanol–water partition coefficient (Wildman–Crippen LogP) is 3.18. The highest BCUT2D eigenvalue weighted by molar-refractivity contribution is 5.91. The molecule has 0 aromatic heterocycles. The molecule has 1 saturated heterocycles. The molecule has 2 heteroatoms. The molecule has 1 heterocycles. The number of rotatable bonds is 2. The van der Waals surface area contributed by atoms with E-state index in [-0.39, 0.29) is 0 Å².